The summed E-state index contributed by atoms with van der Waals surface area (Å²) in [5.74, 6) is 1.93. The average Bonchev–Trinajstić information content (AvgIpc) is 3.42. The molecule has 22 nitrogen and oxygen atoms in total. The van der Waals surface area contributed by atoms with Gasteiger partial charge < -0.3 is 107 Å². The molecule has 1 heterocycles. The minimum Gasteiger partial charge on any atom is -0.452 e. The van der Waals surface area contributed by atoms with Crippen molar-refractivity contribution in [1.82, 2.24) is 21.3 Å². The molecule has 0 aliphatic carbocycles. The van der Waals surface area contributed by atoms with Crippen molar-refractivity contribution in [2.45, 2.75) is 125 Å². The van der Waals surface area contributed by atoms with E-state index in [1.807, 2.05) is 27.7 Å². The van der Waals surface area contributed by atoms with Crippen molar-refractivity contribution in [3.63, 3.8) is 0 Å². The van der Waals surface area contributed by atoms with E-state index in [2.05, 4.69) is 60.1 Å². The Balaban J connectivity index is -0.000000507. The van der Waals surface area contributed by atoms with Gasteiger partial charge in [-0.1, -0.05) is 45.9 Å². The molecular formula is C53H100CrN7O15P. The van der Waals surface area contributed by atoms with Crippen LogP contribution in [-0.4, -0.2) is 166 Å². The largest absolute Gasteiger partial charge is 2.00 e. The number of aldehydes is 2. The predicted molar refractivity (Wildman–Crippen MR) is 299 cm³/mol. The maximum atomic E-state index is 13.1. The van der Waals surface area contributed by atoms with Crippen LogP contribution in [0.25, 0.3) is 0 Å². The summed E-state index contributed by atoms with van der Waals surface area (Å²) in [6.07, 6.45) is 6.64. The van der Waals surface area contributed by atoms with Gasteiger partial charge in [-0.05, 0) is 59.5 Å². The number of hydrogen-bond donors (Lipinski definition) is 8. The number of carbonyl (C=O) groups excluding carboxylic acids is 6. The quantitative estimate of drug-likeness (QED) is 0.0118. The van der Waals surface area contributed by atoms with Gasteiger partial charge in [0.2, 0.25) is 26.8 Å². The van der Waals surface area contributed by atoms with Crippen LogP contribution in [0.5, 0.6) is 5.75 Å². The van der Waals surface area contributed by atoms with Crippen molar-refractivity contribution in [3.05, 3.63) is 54.3 Å². The third-order valence-electron chi connectivity index (χ3n) is 10.5. The molecule has 0 radical (unpaired) electrons. The minimum atomic E-state index is -1.20. The van der Waals surface area contributed by atoms with E-state index in [0.717, 1.165) is 43.3 Å². The topological polar surface area (TPSA) is 323 Å². The minimum absolute atomic E-state index is 0. The number of hydrogen-bond acceptors (Lipinski definition) is 18. The first kappa shape index (κ1) is 82.1. The molecule has 4 amide bonds. The van der Waals surface area contributed by atoms with E-state index in [9.17, 15) is 24.0 Å². The second-order valence-corrected chi connectivity index (χ2v) is 16.9. The first-order valence-electron chi connectivity index (χ1n) is 26.0. The number of nitrogens with one attached hydrogen (secondary N) is 4. The monoisotopic (exact) mass is 1160 g/mol. The van der Waals surface area contributed by atoms with E-state index in [1.54, 1.807) is 37.3 Å². The summed E-state index contributed by atoms with van der Waals surface area (Å²) in [5.41, 5.74) is 14.0. The maximum absolute atomic E-state index is 13.1. The van der Waals surface area contributed by atoms with Crippen LogP contribution in [0.1, 0.15) is 113 Å². The molecule has 0 bridgehead atoms. The van der Waals surface area contributed by atoms with Crippen molar-refractivity contribution >= 4 is 45.2 Å². The van der Waals surface area contributed by atoms with Crippen LogP contribution in [0.15, 0.2) is 36.9 Å². The van der Waals surface area contributed by atoms with Gasteiger partial charge in [-0.25, -0.2) is 5.56 Å². The summed E-state index contributed by atoms with van der Waals surface area (Å²) >= 11 is 0. The van der Waals surface area contributed by atoms with Gasteiger partial charge in [0.25, 0.3) is 0 Å². The van der Waals surface area contributed by atoms with Crippen LogP contribution < -0.4 is 43.0 Å². The molecule has 448 valence electrons. The smallest absolute Gasteiger partial charge is 0.452 e. The summed E-state index contributed by atoms with van der Waals surface area (Å²) in [6.45, 7) is 24.0. The van der Waals surface area contributed by atoms with Gasteiger partial charge in [0.1, 0.15) is 30.6 Å². The molecule has 1 saturated heterocycles. The Morgan fingerprint density at radius 2 is 1.34 bits per heavy atom. The summed E-state index contributed by atoms with van der Waals surface area (Å²) in [5, 5.41) is 11.0. The van der Waals surface area contributed by atoms with Crippen LogP contribution in [0, 0.1) is 23.7 Å². The summed E-state index contributed by atoms with van der Waals surface area (Å²) in [6, 6.07) is 6.97. The van der Waals surface area contributed by atoms with Gasteiger partial charge in [-0.15, -0.1) is 13.5 Å². The van der Waals surface area contributed by atoms with E-state index >= 15 is 0 Å². The van der Waals surface area contributed by atoms with Gasteiger partial charge >= 0.3 is 17.4 Å². The molecule has 6 atom stereocenters. The van der Waals surface area contributed by atoms with Gasteiger partial charge in [-0.2, -0.15) is 19.1 Å². The molecule has 0 aromatic heterocycles. The van der Waals surface area contributed by atoms with Gasteiger partial charge in [0.05, 0.1) is 84.5 Å². The number of nitrogens with two attached hydrogens (primary N) is 3. The predicted octanol–water partition coefficient (Wildman–Crippen LogP) is 3.84. The Bertz CT molecular complexity index is 1580. The molecule has 6 unspecified atom stereocenters. The zero-order chi connectivity index (χ0) is 58.4. The van der Waals surface area contributed by atoms with Crippen LogP contribution in [0.3, 0.4) is 0 Å². The number of amides is 4. The molecule has 11 N–H and O–H groups in total. The maximum Gasteiger partial charge on any atom is 2.00 e. The molecule has 24 heteroatoms. The van der Waals surface area contributed by atoms with E-state index < -0.39 is 20.5 Å². The van der Waals surface area contributed by atoms with Gasteiger partial charge in [-0.3, -0.25) is 14.4 Å². The van der Waals surface area contributed by atoms with Crippen molar-refractivity contribution in [2.24, 2.45) is 29.0 Å². The normalized spacial score (nSPS) is 15.7. The van der Waals surface area contributed by atoms with Crippen LogP contribution >= 0.6 is 9.03 Å². The molecule has 1 aliphatic rings. The van der Waals surface area contributed by atoms with Crippen LogP contribution in [0.2, 0.25) is 0 Å². The Morgan fingerprint density at radius 1 is 0.805 bits per heavy atom. The third kappa shape index (κ3) is 44.8. The van der Waals surface area contributed by atoms with Gasteiger partial charge in [0.15, 0.2) is 6.29 Å². The first-order chi connectivity index (χ1) is 36.6. The number of carbonyl (C=O) groups is 6. The fraction of sp³-hybridized carbons (Fsp3) is 0.698. The second kappa shape index (κ2) is 58.4. The summed E-state index contributed by atoms with van der Waals surface area (Å²) < 4.78 is 44.7. The van der Waals surface area contributed by atoms with Crippen molar-refractivity contribution in [1.29, 1.82) is 0 Å². The van der Waals surface area contributed by atoms with Crippen LogP contribution in [0.4, 0.5) is 0 Å². The van der Waals surface area contributed by atoms with Crippen molar-refractivity contribution in [3.8, 4) is 5.75 Å². The number of ether oxygens (including phenoxy) is 7. The first-order valence-corrected chi connectivity index (χ1v) is 26.9. The van der Waals surface area contributed by atoms with Crippen LogP contribution in [-0.2, 0) is 79.3 Å². The summed E-state index contributed by atoms with van der Waals surface area (Å²) in [7, 11) is 2.34. The standard InChI is InChI=1S/C33H53N4O11P.C13H27NO3.C3H6.C2H4O.2CH5N.Cr/c1-5-15-35-30(40)13-19-46-23-33(21-44-17-7-16-38,22-45-18-12-29(39)34-6-2)37-31(41)14-20-47-24-36-32(42)26(4)25(3)27-8-10-28(11-9-27)48-49-43;1-4-12-11(3)10(2)9-13(17-12)16-8-7-15-6-5-14;1-3-2;1-2-3;2*1-2;/h8-11,16,43,49H,5-7,12-15,17-24H2,1-4H3,(H,34,39)(H,35,40)(H,36,42)(H,37,41);10-13H,4-9,14H2,1-3H3;3H,1H2,2H3;2H,1H3;2*2H2,1H3;/q-2;;;;;;+2. The Hall–Kier alpha value is -3.76. The fourth-order valence-electron chi connectivity index (χ4n) is 6.45. The van der Waals surface area contributed by atoms with E-state index in [-0.39, 0.29) is 120 Å². The molecule has 1 aromatic rings. The molecule has 77 heavy (non-hydrogen) atoms. The summed E-state index contributed by atoms with van der Waals surface area (Å²) in [4.78, 5) is 78.2. The molecule has 0 spiro atoms. The van der Waals surface area contributed by atoms with E-state index in [4.69, 9.17) is 53.1 Å². The Kier molecular flexibility index (Phi) is 62.2. The second-order valence-electron chi connectivity index (χ2n) is 16.5. The molecule has 1 aromatic carbocycles. The molecule has 2 rings (SSSR count). The van der Waals surface area contributed by atoms with Gasteiger partial charge in [0, 0.05) is 45.3 Å². The zero-order valence-corrected chi connectivity index (χ0v) is 50.5. The number of benzene rings is 1. The Labute approximate surface area is 474 Å². The average molecular weight is 1160 g/mol. The fourth-order valence-corrected chi connectivity index (χ4v) is 6.69. The molecule has 1 aliphatic heterocycles. The molecular weight excluding hydrogens is 1060 g/mol. The van der Waals surface area contributed by atoms with Crippen molar-refractivity contribution < 1.29 is 88.7 Å². The Morgan fingerprint density at radius 3 is 1.84 bits per heavy atom. The third-order valence-corrected chi connectivity index (χ3v) is 10.9. The molecule has 0 saturated carbocycles. The van der Waals surface area contributed by atoms with Crippen molar-refractivity contribution in [2.75, 3.05) is 107 Å². The SMILES string of the molecule is C=CC.CC=O.CCC1OC(OCCOCCN)CC(C)C1C.CCCNC(=O)CCOCC(COCCC=O)(COCCC(=O)NCC)NC(=O)CCOCNC(=O)[C-](C)[C-](C)c1ccc(OPO)cc1.CN.CN.[Cr+2]. The van der Waals surface area contributed by atoms with E-state index in [1.165, 1.54) is 21.0 Å². The van der Waals surface area contributed by atoms with E-state index in [0.29, 0.717) is 69.1 Å². The zero-order valence-electron chi connectivity index (χ0n) is 48.2. The molecule has 1 fully saturated rings. The number of allylic oxidation sites excluding steroid dienone is 1. The number of rotatable bonds is 36.